The van der Waals surface area contributed by atoms with E-state index in [9.17, 15) is 18.3 Å². The quantitative estimate of drug-likeness (QED) is 0.153. The molecular formula is C36H38O8S. The second-order valence-corrected chi connectivity index (χ2v) is 13.7. The molecule has 0 aromatic heterocycles. The first-order chi connectivity index (χ1) is 21.5. The van der Waals surface area contributed by atoms with Crippen molar-refractivity contribution in [2.45, 2.75) is 39.7 Å². The van der Waals surface area contributed by atoms with Crippen molar-refractivity contribution in [3.8, 4) is 39.9 Å². The van der Waals surface area contributed by atoms with Crippen LogP contribution in [0.3, 0.4) is 0 Å². The predicted octanol–water partition coefficient (Wildman–Crippen LogP) is 7.35. The molecule has 8 nitrogen and oxygen atoms in total. The molecule has 4 aromatic rings. The van der Waals surface area contributed by atoms with Crippen molar-refractivity contribution in [2.24, 2.45) is 5.92 Å². The van der Waals surface area contributed by atoms with E-state index in [1.165, 1.54) is 6.26 Å². The van der Waals surface area contributed by atoms with Crippen molar-refractivity contribution in [1.82, 2.24) is 0 Å². The van der Waals surface area contributed by atoms with E-state index in [0.717, 1.165) is 39.1 Å². The molecule has 1 aliphatic rings. The SMILES string of the molecule is Cc1cc(OCCCS(C)(=O)=O)ccc1-c1c(Oc2ccccc2)ccc(COc2ccc3c(c2)OC[C@H]3C(C)C(=O)O)c1C. The zero-order valence-corrected chi connectivity index (χ0v) is 26.7. The van der Waals surface area contributed by atoms with Gasteiger partial charge in [-0.1, -0.05) is 43.3 Å². The van der Waals surface area contributed by atoms with E-state index in [1.807, 2.05) is 92.7 Å². The van der Waals surface area contributed by atoms with Gasteiger partial charge in [0.2, 0.25) is 0 Å². The van der Waals surface area contributed by atoms with Crippen LogP contribution in [0.25, 0.3) is 11.1 Å². The van der Waals surface area contributed by atoms with Crippen LogP contribution in [0.4, 0.5) is 0 Å². The van der Waals surface area contributed by atoms with Gasteiger partial charge in [0.15, 0.2) is 0 Å². The van der Waals surface area contributed by atoms with Crippen molar-refractivity contribution in [3.63, 3.8) is 0 Å². The Hall–Kier alpha value is -4.50. The molecule has 45 heavy (non-hydrogen) atoms. The maximum Gasteiger partial charge on any atom is 0.306 e. The molecule has 1 unspecified atom stereocenters. The predicted molar refractivity (Wildman–Crippen MR) is 174 cm³/mol. The molecule has 0 bridgehead atoms. The number of sulfone groups is 1. The molecule has 0 saturated heterocycles. The molecule has 1 N–H and O–H groups in total. The minimum absolute atomic E-state index is 0.0846. The molecule has 0 fully saturated rings. The molecule has 5 rings (SSSR count). The molecule has 1 aliphatic heterocycles. The Balaban J connectivity index is 1.39. The first-order valence-electron chi connectivity index (χ1n) is 14.9. The summed E-state index contributed by atoms with van der Waals surface area (Å²) in [6.07, 6.45) is 1.65. The Morgan fingerprint density at radius 2 is 1.69 bits per heavy atom. The first-order valence-corrected chi connectivity index (χ1v) is 17.0. The molecule has 1 heterocycles. The second-order valence-electron chi connectivity index (χ2n) is 11.5. The highest BCUT2D eigenvalue weighted by Gasteiger charge is 2.33. The average molecular weight is 631 g/mol. The van der Waals surface area contributed by atoms with Crippen molar-refractivity contribution in [1.29, 1.82) is 0 Å². The monoisotopic (exact) mass is 630 g/mol. The largest absolute Gasteiger partial charge is 0.494 e. The third-order valence-corrected chi connectivity index (χ3v) is 9.13. The molecule has 9 heteroatoms. The van der Waals surface area contributed by atoms with Gasteiger partial charge in [0.1, 0.15) is 45.2 Å². The summed E-state index contributed by atoms with van der Waals surface area (Å²) in [7, 11) is -3.03. The van der Waals surface area contributed by atoms with Crippen LogP contribution in [0.1, 0.15) is 41.5 Å². The lowest BCUT2D eigenvalue weighted by Crippen LogP contribution is -2.19. The lowest BCUT2D eigenvalue weighted by molar-refractivity contribution is -0.142. The number of carboxylic acids is 1. The van der Waals surface area contributed by atoms with Gasteiger partial charge in [-0.25, -0.2) is 8.42 Å². The smallest absolute Gasteiger partial charge is 0.306 e. The van der Waals surface area contributed by atoms with Crippen LogP contribution >= 0.6 is 0 Å². The van der Waals surface area contributed by atoms with E-state index < -0.39 is 21.7 Å². The van der Waals surface area contributed by atoms with Crippen LogP contribution in [-0.4, -0.2) is 44.7 Å². The van der Waals surface area contributed by atoms with Gasteiger partial charge in [0.05, 0.1) is 24.9 Å². The number of fused-ring (bicyclic) bond motifs is 1. The Morgan fingerprint density at radius 1 is 0.956 bits per heavy atom. The number of carbonyl (C=O) groups is 1. The van der Waals surface area contributed by atoms with Gasteiger partial charge in [-0.05, 0) is 78.9 Å². The van der Waals surface area contributed by atoms with Crippen LogP contribution in [-0.2, 0) is 21.2 Å². The number of carboxylic acid groups (broad SMARTS) is 1. The summed E-state index contributed by atoms with van der Waals surface area (Å²) in [5.41, 5.74) is 5.76. The van der Waals surface area contributed by atoms with E-state index in [0.29, 0.717) is 49.2 Å². The van der Waals surface area contributed by atoms with Crippen molar-refractivity contribution in [3.05, 3.63) is 101 Å². The molecule has 0 amide bonds. The van der Waals surface area contributed by atoms with Gasteiger partial charge in [-0.15, -0.1) is 0 Å². The Kier molecular flexibility index (Phi) is 9.68. The Morgan fingerprint density at radius 3 is 2.40 bits per heavy atom. The number of aryl methyl sites for hydroxylation is 1. The maximum absolute atomic E-state index is 11.5. The van der Waals surface area contributed by atoms with Crippen LogP contribution in [0.2, 0.25) is 0 Å². The summed E-state index contributed by atoms with van der Waals surface area (Å²) >= 11 is 0. The Labute approximate surface area is 264 Å². The summed E-state index contributed by atoms with van der Waals surface area (Å²) in [5.74, 6) is 1.90. The zero-order chi connectivity index (χ0) is 32.1. The summed E-state index contributed by atoms with van der Waals surface area (Å²) < 4.78 is 47.1. The molecule has 4 aromatic carbocycles. The number of hydrogen-bond donors (Lipinski definition) is 1. The molecule has 0 aliphatic carbocycles. The van der Waals surface area contributed by atoms with Gasteiger partial charge in [0.25, 0.3) is 0 Å². The van der Waals surface area contributed by atoms with E-state index in [2.05, 4.69) is 0 Å². The van der Waals surface area contributed by atoms with Crippen molar-refractivity contribution < 1.29 is 37.3 Å². The molecule has 2 atom stereocenters. The second kappa shape index (κ2) is 13.6. The number of hydrogen-bond acceptors (Lipinski definition) is 7. The summed E-state index contributed by atoms with van der Waals surface area (Å²) in [5, 5.41) is 9.45. The highest BCUT2D eigenvalue weighted by atomic mass is 32.2. The zero-order valence-electron chi connectivity index (χ0n) is 25.9. The fourth-order valence-electron chi connectivity index (χ4n) is 5.49. The summed E-state index contributed by atoms with van der Waals surface area (Å²) in [4.78, 5) is 11.5. The molecule has 0 saturated carbocycles. The number of para-hydroxylation sites is 1. The van der Waals surface area contributed by atoms with E-state index in [4.69, 9.17) is 18.9 Å². The van der Waals surface area contributed by atoms with Crippen LogP contribution in [0.5, 0.6) is 28.7 Å². The van der Waals surface area contributed by atoms with Crippen molar-refractivity contribution in [2.75, 3.05) is 25.2 Å². The fourth-order valence-corrected chi connectivity index (χ4v) is 6.13. The van der Waals surface area contributed by atoms with Gasteiger partial charge in [-0.2, -0.15) is 0 Å². The lowest BCUT2D eigenvalue weighted by Gasteiger charge is -2.20. The van der Waals surface area contributed by atoms with Crippen molar-refractivity contribution >= 4 is 15.8 Å². The number of benzene rings is 4. The van der Waals surface area contributed by atoms with Gasteiger partial charge in [0, 0.05) is 29.4 Å². The first kappa shape index (κ1) is 31.9. The minimum Gasteiger partial charge on any atom is -0.494 e. The lowest BCUT2D eigenvalue weighted by atomic mass is 9.89. The van der Waals surface area contributed by atoms with E-state index in [1.54, 1.807) is 6.92 Å². The summed E-state index contributed by atoms with van der Waals surface area (Å²) in [6, 6.07) is 25.0. The van der Waals surface area contributed by atoms with Crippen LogP contribution in [0, 0.1) is 19.8 Å². The van der Waals surface area contributed by atoms with E-state index in [-0.39, 0.29) is 11.7 Å². The highest BCUT2D eigenvalue weighted by molar-refractivity contribution is 7.90. The molecule has 0 radical (unpaired) electrons. The number of rotatable bonds is 13. The van der Waals surface area contributed by atoms with Gasteiger partial charge in [-0.3, -0.25) is 4.79 Å². The summed E-state index contributed by atoms with van der Waals surface area (Å²) in [6.45, 7) is 6.71. The average Bonchev–Trinajstić information content (AvgIpc) is 3.42. The molecule has 236 valence electrons. The van der Waals surface area contributed by atoms with Gasteiger partial charge >= 0.3 is 5.97 Å². The van der Waals surface area contributed by atoms with Crippen LogP contribution in [0.15, 0.2) is 78.9 Å². The number of aliphatic carboxylic acids is 1. The fraction of sp³-hybridized carbons (Fsp3) is 0.306. The standard InChI is InChI=1S/C36H38O8S/c1-23-19-28(41-17-8-18-45(4,39)40)12-14-30(23)35-24(2)26(11-16-33(35)44-27-9-6-5-7-10-27)21-42-29-13-15-31-32(25(3)36(37)38)22-43-34(31)20-29/h5-7,9-16,19-20,25,32H,8,17-18,21-22H2,1-4H3,(H,37,38)/t25?,32-/m0/s1. The third-order valence-electron chi connectivity index (χ3n) is 8.10. The van der Waals surface area contributed by atoms with Gasteiger partial charge < -0.3 is 24.1 Å². The minimum atomic E-state index is -3.03. The Bertz CT molecular complexity index is 1780. The normalized spacial score (nSPS) is 14.7. The molecular weight excluding hydrogens is 592 g/mol. The highest BCUT2D eigenvalue weighted by Crippen LogP contribution is 2.42. The number of ether oxygens (including phenoxy) is 4. The topological polar surface area (TPSA) is 108 Å². The third kappa shape index (κ3) is 7.78. The molecule has 0 spiro atoms. The van der Waals surface area contributed by atoms with E-state index >= 15 is 0 Å². The van der Waals surface area contributed by atoms with Crippen LogP contribution < -0.4 is 18.9 Å². The maximum atomic E-state index is 11.5.